The third-order valence-corrected chi connectivity index (χ3v) is 3.05. The first-order valence-electron chi connectivity index (χ1n) is 6.91. The molecule has 2 aromatic rings. The van der Waals surface area contributed by atoms with E-state index in [2.05, 4.69) is 17.6 Å². The molecule has 21 heavy (non-hydrogen) atoms. The lowest BCUT2D eigenvalue weighted by Crippen LogP contribution is -2.18. The third-order valence-electron chi connectivity index (χ3n) is 3.05. The van der Waals surface area contributed by atoms with Gasteiger partial charge in [-0.25, -0.2) is 4.39 Å². The summed E-state index contributed by atoms with van der Waals surface area (Å²) in [5.74, 6) is -0.311. The summed E-state index contributed by atoms with van der Waals surface area (Å²) in [4.78, 5) is 11.1. The molecule has 4 heteroatoms. The van der Waals surface area contributed by atoms with Crippen LogP contribution in [0.25, 0.3) is 0 Å². The minimum atomic E-state index is -0.220. The lowest BCUT2D eigenvalue weighted by Gasteiger charge is -2.16. The molecular weight excluding hydrogens is 267 g/mol. The highest BCUT2D eigenvalue weighted by Crippen LogP contribution is 2.17. The first-order valence-corrected chi connectivity index (χ1v) is 6.91. The Labute approximate surface area is 124 Å². The Morgan fingerprint density at radius 1 is 1.14 bits per heavy atom. The first-order chi connectivity index (χ1) is 10.0. The molecule has 0 aliphatic rings. The van der Waals surface area contributed by atoms with Crippen molar-refractivity contribution < 1.29 is 9.18 Å². The largest absolute Gasteiger partial charge is 0.382 e. The van der Waals surface area contributed by atoms with Gasteiger partial charge in [0.15, 0.2) is 0 Å². The molecule has 0 aliphatic heterocycles. The maximum atomic E-state index is 12.9. The van der Waals surface area contributed by atoms with E-state index < -0.39 is 0 Å². The average molecular weight is 286 g/mol. The van der Waals surface area contributed by atoms with Crippen molar-refractivity contribution in [3.05, 3.63) is 59.9 Å². The third kappa shape index (κ3) is 4.91. The van der Waals surface area contributed by atoms with Crippen molar-refractivity contribution >= 4 is 17.3 Å². The van der Waals surface area contributed by atoms with Gasteiger partial charge in [0.1, 0.15) is 5.82 Å². The van der Waals surface area contributed by atoms with E-state index in [4.69, 9.17) is 0 Å². The van der Waals surface area contributed by atoms with Crippen LogP contribution in [0.15, 0.2) is 48.5 Å². The second-order valence-electron chi connectivity index (χ2n) is 5.14. The summed E-state index contributed by atoms with van der Waals surface area (Å²) >= 11 is 0. The number of amides is 1. The number of rotatable bonds is 5. The highest BCUT2D eigenvalue weighted by atomic mass is 19.1. The molecule has 110 valence electrons. The van der Waals surface area contributed by atoms with E-state index >= 15 is 0 Å². The Morgan fingerprint density at radius 2 is 1.81 bits per heavy atom. The van der Waals surface area contributed by atoms with Gasteiger partial charge in [-0.3, -0.25) is 4.79 Å². The van der Waals surface area contributed by atoms with Crippen LogP contribution >= 0.6 is 0 Å². The summed E-state index contributed by atoms with van der Waals surface area (Å²) in [6.07, 6.45) is 0.796. The van der Waals surface area contributed by atoms with E-state index in [1.54, 1.807) is 12.1 Å². The number of carbonyl (C=O) groups is 1. The van der Waals surface area contributed by atoms with Gasteiger partial charge in [0.05, 0.1) is 0 Å². The van der Waals surface area contributed by atoms with E-state index in [-0.39, 0.29) is 17.8 Å². The fourth-order valence-corrected chi connectivity index (χ4v) is 2.20. The van der Waals surface area contributed by atoms with Gasteiger partial charge < -0.3 is 10.6 Å². The molecule has 0 heterocycles. The van der Waals surface area contributed by atoms with Crippen LogP contribution in [0.2, 0.25) is 0 Å². The Balaban J connectivity index is 1.97. The van der Waals surface area contributed by atoms with Crippen molar-refractivity contribution in [2.45, 2.75) is 26.3 Å². The lowest BCUT2D eigenvalue weighted by molar-refractivity contribution is -0.114. The van der Waals surface area contributed by atoms with Crippen LogP contribution in [0.3, 0.4) is 0 Å². The Bertz CT molecular complexity index is 610. The second-order valence-corrected chi connectivity index (χ2v) is 5.14. The van der Waals surface area contributed by atoms with Crippen LogP contribution in [-0.4, -0.2) is 11.9 Å². The minimum absolute atomic E-state index is 0.0912. The molecule has 0 saturated carbocycles. The van der Waals surface area contributed by atoms with Crippen molar-refractivity contribution in [2.24, 2.45) is 0 Å². The molecule has 0 fully saturated rings. The minimum Gasteiger partial charge on any atom is -0.382 e. The van der Waals surface area contributed by atoms with Gasteiger partial charge >= 0.3 is 0 Å². The number of anilines is 2. The summed E-state index contributed by atoms with van der Waals surface area (Å²) in [6.45, 7) is 3.55. The molecule has 0 bridgehead atoms. The van der Waals surface area contributed by atoms with Gasteiger partial charge in [0, 0.05) is 24.3 Å². The maximum absolute atomic E-state index is 12.9. The quantitative estimate of drug-likeness (QED) is 0.877. The molecule has 0 saturated heterocycles. The van der Waals surface area contributed by atoms with Gasteiger partial charge in [0.25, 0.3) is 0 Å². The molecule has 1 unspecified atom stereocenters. The molecule has 2 rings (SSSR count). The Morgan fingerprint density at radius 3 is 2.48 bits per heavy atom. The van der Waals surface area contributed by atoms with Crippen molar-refractivity contribution in [3.8, 4) is 0 Å². The molecule has 2 aromatic carbocycles. The molecule has 0 aliphatic carbocycles. The van der Waals surface area contributed by atoms with Gasteiger partial charge in [-0.05, 0) is 49.2 Å². The number of nitrogens with one attached hydrogen (secondary N) is 2. The highest BCUT2D eigenvalue weighted by Gasteiger charge is 2.05. The second kappa shape index (κ2) is 6.88. The molecule has 2 N–H and O–H groups in total. The molecular formula is C17H19FN2O. The van der Waals surface area contributed by atoms with E-state index in [0.717, 1.165) is 23.4 Å². The SMILES string of the molecule is CC(=O)Nc1cccc(NC(C)Cc2ccc(F)cc2)c1. The van der Waals surface area contributed by atoms with Gasteiger partial charge in [-0.1, -0.05) is 18.2 Å². The smallest absolute Gasteiger partial charge is 0.221 e. The van der Waals surface area contributed by atoms with Crippen molar-refractivity contribution in [1.29, 1.82) is 0 Å². The molecule has 3 nitrogen and oxygen atoms in total. The standard InChI is InChI=1S/C17H19FN2O/c1-12(10-14-6-8-15(18)9-7-14)19-16-4-3-5-17(11-16)20-13(2)21/h3-9,11-12,19H,10H2,1-2H3,(H,20,21). The van der Waals surface area contributed by atoms with Crippen molar-refractivity contribution in [2.75, 3.05) is 10.6 Å². The zero-order valence-corrected chi connectivity index (χ0v) is 12.2. The Hall–Kier alpha value is -2.36. The van der Waals surface area contributed by atoms with Gasteiger partial charge in [-0.15, -0.1) is 0 Å². The molecule has 0 aromatic heterocycles. The summed E-state index contributed by atoms with van der Waals surface area (Å²) in [5.41, 5.74) is 2.78. The first kappa shape index (κ1) is 15.0. The number of hydrogen-bond acceptors (Lipinski definition) is 2. The number of benzene rings is 2. The van der Waals surface area contributed by atoms with E-state index in [1.165, 1.54) is 19.1 Å². The Kier molecular flexibility index (Phi) is 4.93. The maximum Gasteiger partial charge on any atom is 0.221 e. The average Bonchev–Trinajstić information content (AvgIpc) is 2.41. The predicted octanol–water partition coefficient (Wildman–Crippen LogP) is 3.83. The normalized spacial score (nSPS) is 11.8. The topological polar surface area (TPSA) is 41.1 Å². The number of hydrogen-bond donors (Lipinski definition) is 2. The van der Waals surface area contributed by atoms with Gasteiger partial charge in [-0.2, -0.15) is 0 Å². The van der Waals surface area contributed by atoms with E-state index in [9.17, 15) is 9.18 Å². The molecule has 0 radical (unpaired) electrons. The number of halogens is 1. The summed E-state index contributed by atoms with van der Waals surface area (Å²) in [5, 5.41) is 6.13. The fourth-order valence-electron chi connectivity index (χ4n) is 2.20. The zero-order valence-electron chi connectivity index (χ0n) is 12.2. The van der Waals surface area contributed by atoms with Crippen LogP contribution in [0.4, 0.5) is 15.8 Å². The van der Waals surface area contributed by atoms with E-state index in [1.807, 2.05) is 24.3 Å². The van der Waals surface area contributed by atoms with Crippen LogP contribution in [0, 0.1) is 5.82 Å². The van der Waals surface area contributed by atoms with Crippen molar-refractivity contribution in [3.63, 3.8) is 0 Å². The molecule has 1 atom stereocenters. The summed E-state index contributed by atoms with van der Waals surface area (Å²) in [6, 6.07) is 14.3. The van der Waals surface area contributed by atoms with Crippen LogP contribution < -0.4 is 10.6 Å². The summed E-state index contributed by atoms with van der Waals surface area (Å²) in [7, 11) is 0. The zero-order chi connectivity index (χ0) is 15.2. The monoisotopic (exact) mass is 286 g/mol. The van der Waals surface area contributed by atoms with Crippen molar-refractivity contribution in [1.82, 2.24) is 0 Å². The molecule has 1 amide bonds. The van der Waals surface area contributed by atoms with Crippen LogP contribution in [-0.2, 0) is 11.2 Å². The number of carbonyl (C=O) groups excluding carboxylic acids is 1. The molecule has 0 spiro atoms. The van der Waals surface area contributed by atoms with Crippen LogP contribution in [0.5, 0.6) is 0 Å². The highest BCUT2D eigenvalue weighted by molar-refractivity contribution is 5.89. The predicted molar refractivity (Wildman–Crippen MR) is 83.9 cm³/mol. The fraction of sp³-hybridized carbons (Fsp3) is 0.235. The summed E-state index contributed by atoms with van der Waals surface area (Å²) < 4.78 is 12.9. The van der Waals surface area contributed by atoms with Crippen LogP contribution in [0.1, 0.15) is 19.4 Å². The van der Waals surface area contributed by atoms with E-state index in [0.29, 0.717) is 0 Å². The van der Waals surface area contributed by atoms with Gasteiger partial charge in [0.2, 0.25) is 5.91 Å². The lowest BCUT2D eigenvalue weighted by atomic mass is 10.1.